The number of hydrogen-bond donors (Lipinski definition) is 2. The maximum Gasteiger partial charge on any atom is 0.325 e. The van der Waals surface area contributed by atoms with Gasteiger partial charge in [-0.15, -0.1) is 0 Å². The number of fused-ring (bicyclic) bond motifs is 1. The van der Waals surface area contributed by atoms with E-state index in [1.165, 1.54) is 0 Å². The number of ether oxygens (including phenoxy) is 1. The van der Waals surface area contributed by atoms with E-state index < -0.39 is 23.6 Å². The number of β-amino-alcohol motifs (C(OH)–C–C–N with tert-alkyl or cyclic N) is 1. The van der Waals surface area contributed by atoms with Crippen LogP contribution in [0.3, 0.4) is 0 Å². The summed E-state index contributed by atoms with van der Waals surface area (Å²) in [5.74, 6) is 0.241. The molecule has 2 N–H and O–H groups in total. The lowest BCUT2D eigenvalue weighted by atomic mass is 9.88. The summed E-state index contributed by atoms with van der Waals surface area (Å²) >= 11 is 0. The fourth-order valence-electron chi connectivity index (χ4n) is 3.87. The Labute approximate surface area is 175 Å². The molecule has 1 saturated heterocycles. The number of benzene rings is 3. The van der Waals surface area contributed by atoms with Crippen molar-refractivity contribution >= 4 is 22.7 Å². The Balaban J connectivity index is 1.51. The van der Waals surface area contributed by atoms with E-state index >= 15 is 0 Å². The van der Waals surface area contributed by atoms with Crippen LogP contribution >= 0.6 is 0 Å². The molecular weight excluding hydrogens is 380 g/mol. The van der Waals surface area contributed by atoms with Crippen molar-refractivity contribution in [2.24, 2.45) is 0 Å². The predicted molar refractivity (Wildman–Crippen MR) is 114 cm³/mol. The van der Waals surface area contributed by atoms with Crippen molar-refractivity contribution in [3.63, 3.8) is 0 Å². The molecule has 3 aromatic carbocycles. The first-order valence-electron chi connectivity index (χ1n) is 9.88. The number of amides is 3. The third kappa shape index (κ3) is 3.62. The van der Waals surface area contributed by atoms with Gasteiger partial charge in [-0.3, -0.25) is 9.69 Å². The first kappa shape index (κ1) is 19.9. The van der Waals surface area contributed by atoms with Gasteiger partial charge in [0.1, 0.15) is 24.0 Å². The van der Waals surface area contributed by atoms with E-state index in [0.29, 0.717) is 5.75 Å². The number of hydrogen-bond acceptors (Lipinski definition) is 4. The van der Waals surface area contributed by atoms with Gasteiger partial charge >= 0.3 is 6.03 Å². The van der Waals surface area contributed by atoms with Crippen LogP contribution in [0.1, 0.15) is 18.1 Å². The van der Waals surface area contributed by atoms with Crippen molar-refractivity contribution in [2.45, 2.75) is 25.5 Å². The Kier molecular flexibility index (Phi) is 5.18. The molecule has 2 atom stereocenters. The Hall–Kier alpha value is -3.38. The van der Waals surface area contributed by atoms with E-state index in [4.69, 9.17) is 4.74 Å². The average molecular weight is 404 g/mol. The van der Waals surface area contributed by atoms with Crippen molar-refractivity contribution in [1.82, 2.24) is 10.2 Å². The number of carbonyl (C=O) groups excluding carboxylic acids is 2. The molecule has 1 fully saturated rings. The molecule has 0 radical (unpaired) electrons. The lowest BCUT2D eigenvalue weighted by Gasteiger charge is -2.24. The average Bonchev–Trinajstić information content (AvgIpc) is 2.95. The summed E-state index contributed by atoms with van der Waals surface area (Å²) in [6.45, 7) is 3.48. The lowest BCUT2D eigenvalue weighted by Crippen LogP contribution is -2.43. The Morgan fingerprint density at radius 1 is 1.07 bits per heavy atom. The zero-order valence-corrected chi connectivity index (χ0v) is 17.0. The summed E-state index contributed by atoms with van der Waals surface area (Å²) in [7, 11) is 0. The highest BCUT2D eigenvalue weighted by Gasteiger charge is 2.49. The highest BCUT2D eigenvalue weighted by Crippen LogP contribution is 2.33. The third-order valence-electron chi connectivity index (χ3n) is 5.43. The van der Waals surface area contributed by atoms with Gasteiger partial charge < -0.3 is 15.2 Å². The molecule has 6 heteroatoms. The lowest BCUT2D eigenvalue weighted by molar-refractivity contribution is -0.132. The predicted octanol–water partition coefficient (Wildman–Crippen LogP) is 3.36. The third-order valence-corrected chi connectivity index (χ3v) is 5.43. The molecule has 1 heterocycles. The first-order chi connectivity index (χ1) is 14.4. The Bertz CT molecular complexity index is 1110. The standard InChI is InChI=1S/C24H24N2O4/c1-16-7-5-10-19(13-16)30-15-18(27)14-26-22(28)24(2,25-23(26)29)21-12-6-9-17-8-3-4-11-20(17)21/h3-13,18,27H,14-15H2,1-2H3,(H,25,29)/t18-,24+/m1/s1. The molecule has 0 aromatic heterocycles. The number of urea groups is 1. The zero-order valence-electron chi connectivity index (χ0n) is 17.0. The SMILES string of the molecule is Cc1cccc(OC[C@H](O)CN2C(=O)N[C@@](C)(c3cccc4ccccc34)C2=O)c1. The summed E-state index contributed by atoms with van der Waals surface area (Å²) in [6, 6.07) is 20.4. The van der Waals surface area contributed by atoms with Crippen LogP contribution < -0.4 is 10.1 Å². The molecule has 3 amide bonds. The van der Waals surface area contributed by atoms with E-state index in [1.54, 1.807) is 13.0 Å². The topological polar surface area (TPSA) is 78.9 Å². The molecule has 3 aromatic rings. The van der Waals surface area contributed by atoms with Crippen molar-refractivity contribution < 1.29 is 19.4 Å². The molecule has 4 rings (SSSR count). The highest BCUT2D eigenvalue weighted by molar-refractivity contribution is 6.09. The van der Waals surface area contributed by atoms with Gasteiger partial charge in [0.25, 0.3) is 5.91 Å². The minimum Gasteiger partial charge on any atom is -0.491 e. The van der Waals surface area contributed by atoms with Crippen LogP contribution in [0.2, 0.25) is 0 Å². The van der Waals surface area contributed by atoms with E-state index in [2.05, 4.69) is 5.32 Å². The number of imide groups is 1. The van der Waals surface area contributed by atoms with Gasteiger partial charge in [-0.2, -0.15) is 0 Å². The molecule has 6 nitrogen and oxygen atoms in total. The minimum absolute atomic E-state index is 0.0223. The largest absolute Gasteiger partial charge is 0.491 e. The first-order valence-corrected chi connectivity index (χ1v) is 9.88. The number of nitrogens with one attached hydrogen (secondary N) is 1. The summed E-state index contributed by atoms with van der Waals surface area (Å²) in [5.41, 5.74) is 0.573. The van der Waals surface area contributed by atoms with Crippen LogP contribution in [0.15, 0.2) is 66.7 Å². The molecule has 1 aliphatic heterocycles. The molecule has 0 spiro atoms. The fraction of sp³-hybridized carbons (Fsp3) is 0.250. The van der Waals surface area contributed by atoms with Gasteiger partial charge in [0.05, 0.1) is 6.54 Å². The van der Waals surface area contributed by atoms with E-state index in [9.17, 15) is 14.7 Å². The van der Waals surface area contributed by atoms with Crippen molar-refractivity contribution in [3.05, 3.63) is 77.9 Å². The van der Waals surface area contributed by atoms with E-state index in [-0.39, 0.29) is 13.2 Å². The van der Waals surface area contributed by atoms with Gasteiger partial charge in [-0.05, 0) is 47.9 Å². The summed E-state index contributed by atoms with van der Waals surface area (Å²) in [5, 5.41) is 15.1. The van der Waals surface area contributed by atoms with Gasteiger partial charge in [-0.1, -0.05) is 54.6 Å². The van der Waals surface area contributed by atoms with Crippen LogP contribution in [0.5, 0.6) is 5.75 Å². The monoisotopic (exact) mass is 404 g/mol. The van der Waals surface area contributed by atoms with Gasteiger partial charge in [0.2, 0.25) is 0 Å². The smallest absolute Gasteiger partial charge is 0.325 e. The summed E-state index contributed by atoms with van der Waals surface area (Å²) in [6.07, 6.45) is -1.00. The number of aliphatic hydroxyl groups excluding tert-OH is 1. The minimum atomic E-state index is -1.20. The van der Waals surface area contributed by atoms with Crippen LogP contribution in [-0.2, 0) is 10.3 Å². The number of rotatable bonds is 6. The fourth-order valence-corrected chi connectivity index (χ4v) is 3.87. The van der Waals surface area contributed by atoms with Crippen molar-refractivity contribution in [1.29, 1.82) is 0 Å². The number of aliphatic hydroxyl groups is 1. The van der Waals surface area contributed by atoms with Crippen molar-refractivity contribution in [2.75, 3.05) is 13.2 Å². The molecule has 0 saturated carbocycles. The van der Waals surface area contributed by atoms with Gasteiger partial charge in [0, 0.05) is 0 Å². The normalized spacial score (nSPS) is 19.8. The molecule has 30 heavy (non-hydrogen) atoms. The zero-order chi connectivity index (χ0) is 21.3. The van der Waals surface area contributed by atoms with Crippen molar-refractivity contribution in [3.8, 4) is 5.75 Å². The van der Waals surface area contributed by atoms with E-state index in [0.717, 1.165) is 26.8 Å². The van der Waals surface area contributed by atoms with Gasteiger partial charge in [-0.25, -0.2) is 4.79 Å². The second kappa shape index (κ2) is 7.80. The van der Waals surface area contributed by atoms with Crippen LogP contribution in [0.25, 0.3) is 10.8 Å². The summed E-state index contributed by atoms with van der Waals surface area (Å²) < 4.78 is 5.60. The van der Waals surface area contributed by atoms with E-state index in [1.807, 2.05) is 67.6 Å². The number of carbonyl (C=O) groups is 2. The maximum absolute atomic E-state index is 13.2. The number of aryl methyl sites for hydroxylation is 1. The van der Waals surface area contributed by atoms with Gasteiger partial charge in [0.15, 0.2) is 0 Å². The van der Waals surface area contributed by atoms with Crippen LogP contribution in [-0.4, -0.2) is 41.2 Å². The highest BCUT2D eigenvalue weighted by atomic mass is 16.5. The second-order valence-corrected chi connectivity index (χ2v) is 7.78. The molecular formula is C24H24N2O4. The molecule has 0 unspecified atom stereocenters. The maximum atomic E-state index is 13.2. The molecule has 0 bridgehead atoms. The van der Waals surface area contributed by atoms with Crippen LogP contribution in [0, 0.1) is 6.92 Å². The molecule has 154 valence electrons. The molecule has 0 aliphatic carbocycles. The summed E-state index contributed by atoms with van der Waals surface area (Å²) in [4.78, 5) is 26.9. The number of nitrogens with zero attached hydrogens (tertiary/aromatic N) is 1. The Morgan fingerprint density at radius 3 is 2.60 bits per heavy atom. The quantitative estimate of drug-likeness (QED) is 0.618. The Morgan fingerprint density at radius 2 is 1.80 bits per heavy atom. The molecule has 1 aliphatic rings. The van der Waals surface area contributed by atoms with Crippen LogP contribution in [0.4, 0.5) is 4.79 Å². The second-order valence-electron chi connectivity index (χ2n) is 7.78.